The van der Waals surface area contributed by atoms with Crippen LogP contribution in [-0.2, 0) is 4.79 Å². The quantitative estimate of drug-likeness (QED) is 0.839. The van der Waals surface area contributed by atoms with Gasteiger partial charge in [0.15, 0.2) is 0 Å². The number of aryl methyl sites for hydroxylation is 2. The van der Waals surface area contributed by atoms with Gasteiger partial charge in [0.25, 0.3) is 0 Å². The van der Waals surface area contributed by atoms with E-state index in [1.165, 1.54) is 0 Å². The van der Waals surface area contributed by atoms with E-state index in [9.17, 15) is 4.79 Å². The third-order valence-corrected chi connectivity index (χ3v) is 4.59. The number of hydrogen-bond donors (Lipinski definition) is 0. The topological polar surface area (TPSA) is 56.0 Å². The first-order valence-corrected chi connectivity index (χ1v) is 7.36. The minimum absolute atomic E-state index is 0.100. The second-order valence-corrected chi connectivity index (χ2v) is 5.71. The van der Waals surface area contributed by atoms with Crippen LogP contribution in [0.1, 0.15) is 43.2 Å². The smallest absolute Gasteiger partial charge is 0.237 e. The Hall–Kier alpha value is -1.49. The van der Waals surface area contributed by atoms with Crippen molar-refractivity contribution in [1.29, 1.82) is 0 Å². The first-order valence-electron chi connectivity index (χ1n) is 6.57. The molecular weight excluding hydrogens is 320 g/mol. The fourth-order valence-electron chi connectivity index (χ4n) is 2.05. The molecular formula is C15H17BrN2O2. The Kier molecular flexibility index (Phi) is 4.38. The third-order valence-electron chi connectivity index (χ3n) is 3.34. The minimum atomic E-state index is -0.348. The monoisotopic (exact) mass is 336 g/mol. The average molecular weight is 337 g/mol. The van der Waals surface area contributed by atoms with Crippen molar-refractivity contribution in [2.75, 3.05) is 0 Å². The maximum Gasteiger partial charge on any atom is 0.237 e. The Morgan fingerprint density at radius 2 is 1.95 bits per heavy atom. The molecule has 0 N–H and O–H groups in total. The Balaban J connectivity index is 2.36. The van der Waals surface area contributed by atoms with Crippen LogP contribution < -0.4 is 0 Å². The fraction of sp³-hybridized carbons (Fsp3) is 0.400. The van der Waals surface area contributed by atoms with Gasteiger partial charge >= 0.3 is 0 Å². The third kappa shape index (κ3) is 2.82. The molecule has 0 aliphatic carbocycles. The predicted octanol–water partition coefficient (Wildman–Crippen LogP) is 4.20. The van der Waals surface area contributed by atoms with Crippen LogP contribution in [0.15, 0.2) is 21.1 Å². The summed E-state index contributed by atoms with van der Waals surface area (Å²) in [6.45, 7) is 7.66. The van der Waals surface area contributed by atoms with Crippen molar-refractivity contribution in [2.45, 2.75) is 40.0 Å². The zero-order valence-electron chi connectivity index (χ0n) is 12.0. The van der Waals surface area contributed by atoms with Gasteiger partial charge in [0.2, 0.25) is 11.7 Å². The van der Waals surface area contributed by atoms with Crippen LogP contribution in [0.5, 0.6) is 0 Å². The Bertz CT molecular complexity index is 626. The molecule has 0 amide bonds. The van der Waals surface area contributed by atoms with Crippen LogP contribution in [0.2, 0.25) is 0 Å². The summed E-state index contributed by atoms with van der Waals surface area (Å²) in [5, 5.41) is 3.98. The van der Waals surface area contributed by atoms with Crippen LogP contribution in [0.3, 0.4) is 0 Å². The summed E-state index contributed by atoms with van der Waals surface area (Å²) in [6.07, 6.45) is 0.468. The average Bonchev–Trinajstić information content (AvgIpc) is 2.92. The van der Waals surface area contributed by atoms with Crippen molar-refractivity contribution in [3.05, 3.63) is 33.6 Å². The second kappa shape index (κ2) is 5.87. The molecule has 1 aromatic heterocycles. The van der Waals surface area contributed by atoms with Crippen LogP contribution in [0, 0.1) is 13.8 Å². The Morgan fingerprint density at radius 1 is 1.35 bits per heavy atom. The van der Waals surface area contributed by atoms with Gasteiger partial charge < -0.3 is 4.52 Å². The van der Waals surface area contributed by atoms with Gasteiger partial charge in [0, 0.05) is 16.5 Å². The number of Topliss-reactive ketones (excluding diaryl/α,β-unsaturated/α-hetero) is 1. The molecule has 1 aromatic carbocycles. The number of aromatic nitrogens is 2. The van der Waals surface area contributed by atoms with Gasteiger partial charge in [-0.2, -0.15) is 4.98 Å². The first kappa shape index (κ1) is 14.9. The van der Waals surface area contributed by atoms with Crippen LogP contribution in [-0.4, -0.2) is 15.9 Å². The van der Waals surface area contributed by atoms with E-state index in [0.717, 1.165) is 21.2 Å². The molecule has 1 heterocycles. The van der Waals surface area contributed by atoms with Crippen molar-refractivity contribution < 1.29 is 9.32 Å². The molecule has 0 saturated heterocycles. The van der Waals surface area contributed by atoms with E-state index in [2.05, 4.69) is 26.1 Å². The maximum absolute atomic E-state index is 11.7. The summed E-state index contributed by atoms with van der Waals surface area (Å²) in [5.41, 5.74) is 3.13. The number of halogens is 1. The van der Waals surface area contributed by atoms with Crippen LogP contribution in [0.25, 0.3) is 11.4 Å². The molecule has 106 valence electrons. The lowest BCUT2D eigenvalue weighted by molar-refractivity contribution is -0.120. The van der Waals surface area contributed by atoms with Crippen molar-refractivity contribution in [3.8, 4) is 11.4 Å². The van der Waals surface area contributed by atoms with Gasteiger partial charge in [0.05, 0.1) is 5.92 Å². The predicted molar refractivity (Wildman–Crippen MR) is 80.6 cm³/mol. The van der Waals surface area contributed by atoms with Crippen LogP contribution >= 0.6 is 15.9 Å². The second-order valence-electron chi connectivity index (χ2n) is 4.92. The lowest BCUT2D eigenvalue weighted by Gasteiger charge is -2.05. The van der Waals surface area contributed by atoms with Gasteiger partial charge in [-0.15, -0.1) is 0 Å². The summed E-state index contributed by atoms with van der Waals surface area (Å²) >= 11 is 3.53. The number of carbonyl (C=O) groups excluding carboxylic acids is 1. The Labute approximate surface area is 126 Å². The van der Waals surface area contributed by atoms with Gasteiger partial charge in [-0.1, -0.05) is 28.0 Å². The van der Waals surface area contributed by atoms with E-state index in [0.29, 0.717) is 18.1 Å². The number of ketones is 1. The van der Waals surface area contributed by atoms with E-state index in [-0.39, 0.29) is 11.7 Å². The van der Waals surface area contributed by atoms with Crippen molar-refractivity contribution in [3.63, 3.8) is 0 Å². The fourth-order valence-corrected chi connectivity index (χ4v) is 2.28. The lowest BCUT2D eigenvalue weighted by atomic mass is 10.0. The van der Waals surface area contributed by atoms with Crippen molar-refractivity contribution >= 4 is 21.7 Å². The van der Waals surface area contributed by atoms with E-state index in [4.69, 9.17) is 4.52 Å². The number of carbonyl (C=O) groups is 1. The molecule has 1 unspecified atom stereocenters. The van der Waals surface area contributed by atoms with E-state index in [1.807, 2.05) is 32.9 Å². The minimum Gasteiger partial charge on any atom is -0.338 e. The summed E-state index contributed by atoms with van der Waals surface area (Å²) in [5.74, 6) is 0.654. The van der Waals surface area contributed by atoms with Crippen molar-refractivity contribution in [1.82, 2.24) is 10.1 Å². The SMILES string of the molecule is CCC(=O)C(C)c1nc(-c2cc(C)c(Br)c(C)c2)no1. The van der Waals surface area contributed by atoms with Crippen molar-refractivity contribution in [2.24, 2.45) is 0 Å². The van der Waals surface area contributed by atoms with Gasteiger partial charge in [0.1, 0.15) is 5.78 Å². The molecule has 0 spiro atoms. The van der Waals surface area contributed by atoms with Gasteiger partial charge in [-0.25, -0.2) is 0 Å². The molecule has 2 rings (SSSR count). The zero-order chi connectivity index (χ0) is 14.9. The molecule has 2 aromatic rings. The van der Waals surface area contributed by atoms with Gasteiger partial charge in [-0.3, -0.25) is 4.79 Å². The number of hydrogen-bond acceptors (Lipinski definition) is 4. The highest BCUT2D eigenvalue weighted by molar-refractivity contribution is 9.10. The molecule has 0 aliphatic heterocycles. The largest absolute Gasteiger partial charge is 0.338 e. The normalized spacial score (nSPS) is 12.4. The molecule has 20 heavy (non-hydrogen) atoms. The summed E-state index contributed by atoms with van der Waals surface area (Å²) in [4.78, 5) is 16.0. The number of benzene rings is 1. The molecule has 0 aliphatic rings. The van der Waals surface area contributed by atoms with Crippen LogP contribution in [0.4, 0.5) is 0 Å². The van der Waals surface area contributed by atoms with Gasteiger partial charge in [-0.05, 0) is 44.0 Å². The molecule has 4 nitrogen and oxygen atoms in total. The standard InChI is InChI=1S/C15H17BrN2O2/c1-5-12(19)10(4)15-17-14(18-20-15)11-6-8(2)13(16)9(3)7-11/h6-7,10H,5H2,1-4H3. The molecule has 0 fully saturated rings. The summed E-state index contributed by atoms with van der Waals surface area (Å²) < 4.78 is 6.30. The highest BCUT2D eigenvalue weighted by Gasteiger charge is 2.21. The molecule has 0 bridgehead atoms. The zero-order valence-corrected chi connectivity index (χ0v) is 13.6. The Morgan fingerprint density at radius 3 is 2.50 bits per heavy atom. The van der Waals surface area contributed by atoms with E-state index in [1.54, 1.807) is 6.92 Å². The highest BCUT2D eigenvalue weighted by Crippen LogP contribution is 2.28. The molecule has 0 saturated carbocycles. The summed E-state index contributed by atoms with van der Waals surface area (Å²) in [6, 6.07) is 4.00. The lowest BCUT2D eigenvalue weighted by Crippen LogP contribution is -2.07. The van der Waals surface area contributed by atoms with E-state index < -0.39 is 0 Å². The highest BCUT2D eigenvalue weighted by atomic mass is 79.9. The molecule has 1 atom stereocenters. The summed E-state index contributed by atoms with van der Waals surface area (Å²) in [7, 11) is 0. The first-order chi connectivity index (χ1) is 9.43. The molecule has 0 radical (unpaired) electrons. The number of nitrogens with zero attached hydrogens (tertiary/aromatic N) is 2. The van der Waals surface area contributed by atoms with E-state index >= 15 is 0 Å². The molecule has 5 heteroatoms. The number of rotatable bonds is 4. The maximum atomic E-state index is 11.7.